The van der Waals surface area contributed by atoms with Crippen molar-refractivity contribution in [1.29, 1.82) is 0 Å². The fourth-order valence-electron chi connectivity index (χ4n) is 1.67. The molecule has 0 bridgehead atoms. The van der Waals surface area contributed by atoms with Gasteiger partial charge >= 0.3 is 11.9 Å². The third kappa shape index (κ3) is 3.21. The average molecular weight is 252 g/mol. The first-order chi connectivity index (χ1) is 8.47. The third-order valence-corrected chi connectivity index (χ3v) is 2.59. The van der Waals surface area contributed by atoms with Crippen LogP contribution in [0.15, 0.2) is 18.2 Å². The second-order valence-corrected chi connectivity index (χ2v) is 3.84. The van der Waals surface area contributed by atoms with Gasteiger partial charge in [0.15, 0.2) is 0 Å². The number of esters is 1. The number of nitrogens with two attached hydrogens (primary N) is 2. The van der Waals surface area contributed by atoms with E-state index in [2.05, 4.69) is 4.74 Å². The van der Waals surface area contributed by atoms with E-state index in [9.17, 15) is 9.59 Å². The Labute approximate surface area is 105 Å². The fourth-order valence-corrected chi connectivity index (χ4v) is 1.67. The van der Waals surface area contributed by atoms with Gasteiger partial charge in [0.25, 0.3) is 0 Å². The summed E-state index contributed by atoms with van der Waals surface area (Å²) >= 11 is 0. The highest BCUT2D eigenvalue weighted by atomic mass is 16.5. The Balaban J connectivity index is 3.04. The number of carboxylic acids is 1. The first kappa shape index (κ1) is 14.0. The van der Waals surface area contributed by atoms with Gasteiger partial charge in [-0.2, -0.15) is 0 Å². The monoisotopic (exact) mass is 252 g/mol. The maximum Gasteiger partial charge on any atom is 0.340 e. The van der Waals surface area contributed by atoms with E-state index in [4.69, 9.17) is 16.6 Å². The highest BCUT2D eigenvalue weighted by molar-refractivity contribution is 5.96. The van der Waals surface area contributed by atoms with Crippen molar-refractivity contribution in [2.24, 2.45) is 5.73 Å². The van der Waals surface area contributed by atoms with Crippen LogP contribution in [0.3, 0.4) is 0 Å². The molecule has 1 aromatic carbocycles. The van der Waals surface area contributed by atoms with Gasteiger partial charge in [0.1, 0.15) is 0 Å². The second-order valence-electron chi connectivity index (χ2n) is 3.84. The number of methoxy groups -OCH3 is 1. The molecule has 1 unspecified atom stereocenters. The molecule has 6 nitrogen and oxygen atoms in total. The first-order valence-electron chi connectivity index (χ1n) is 5.41. The van der Waals surface area contributed by atoms with Gasteiger partial charge in [-0.15, -0.1) is 0 Å². The number of benzene rings is 1. The van der Waals surface area contributed by atoms with Crippen molar-refractivity contribution in [3.8, 4) is 0 Å². The molecule has 6 heteroatoms. The van der Waals surface area contributed by atoms with Crippen LogP contribution in [0.4, 0.5) is 5.69 Å². The minimum absolute atomic E-state index is 0.0728. The van der Waals surface area contributed by atoms with E-state index in [0.29, 0.717) is 5.56 Å². The summed E-state index contributed by atoms with van der Waals surface area (Å²) in [6, 6.07) is 4.31. The van der Waals surface area contributed by atoms with Crippen LogP contribution in [0.1, 0.15) is 34.8 Å². The summed E-state index contributed by atoms with van der Waals surface area (Å²) in [4.78, 5) is 22.1. The molecule has 0 aliphatic rings. The third-order valence-electron chi connectivity index (χ3n) is 2.59. The van der Waals surface area contributed by atoms with E-state index >= 15 is 0 Å². The standard InChI is InChI=1S/C12H16N2O4/c1-18-12(17)11-7(3-2-4-9(11)14)8(13)5-6-10(15)16/h2-4,8H,5-6,13-14H2,1H3,(H,15,16). The molecule has 0 radical (unpaired) electrons. The van der Waals surface area contributed by atoms with Gasteiger partial charge in [0.2, 0.25) is 0 Å². The van der Waals surface area contributed by atoms with Gasteiger partial charge in [-0.25, -0.2) is 4.79 Å². The molecule has 0 saturated carbocycles. The van der Waals surface area contributed by atoms with Gasteiger partial charge in [0, 0.05) is 18.2 Å². The lowest BCUT2D eigenvalue weighted by molar-refractivity contribution is -0.137. The number of carbonyl (C=O) groups excluding carboxylic acids is 1. The Morgan fingerprint density at radius 1 is 1.44 bits per heavy atom. The van der Waals surface area contributed by atoms with E-state index in [-0.39, 0.29) is 24.1 Å². The zero-order valence-electron chi connectivity index (χ0n) is 10.1. The van der Waals surface area contributed by atoms with Crippen LogP contribution in [0, 0.1) is 0 Å². The van der Waals surface area contributed by atoms with E-state index < -0.39 is 18.0 Å². The molecule has 0 aliphatic heterocycles. The molecule has 1 aromatic rings. The summed E-state index contributed by atoms with van der Waals surface area (Å²) in [5.74, 6) is -1.51. The topological polar surface area (TPSA) is 116 Å². The zero-order chi connectivity index (χ0) is 13.7. The van der Waals surface area contributed by atoms with Gasteiger partial charge in [-0.3, -0.25) is 4.79 Å². The maximum absolute atomic E-state index is 11.6. The Hall–Kier alpha value is -2.08. The number of aliphatic carboxylic acids is 1. The lowest BCUT2D eigenvalue weighted by atomic mass is 9.96. The quantitative estimate of drug-likeness (QED) is 0.530. The molecule has 0 heterocycles. The molecule has 5 N–H and O–H groups in total. The molecule has 18 heavy (non-hydrogen) atoms. The molecule has 0 spiro atoms. The first-order valence-corrected chi connectivity index (χ1v) is 5.41. The van der Waals surface area contributed by atoms with Crippen LogP contribution >= 0.6 is 0 Å². The van der Waals surface area contributed by atoms with Crippen LogP contribution in [-0.4, -0.2) is 24.2 Å². The second kappa shape index (κ2) is 6.02. The summed E-state index contributed by atoms with van der Waals surface area (Å²) in [5.41, 5.74) is 12.6. The molecule has 1 rings (SSSR count). The smallest absolute Gasteiger partial charge is 0.340 e. The molecular formula is C12H16N2O4. The Bertz CT molecular complexity index is 459. The van der Waals surface area contributed by atoms with Crippen LogP contribution in [-0.2, 0) is 9.53 Å². The number of carbonyl (C=O) groups is 2. The predicted molar refractivity (Wildman–Crippen MR) is 66.0 cm³/mol. The van der Waals surface area contributed by atoms with Crippen molar-refractivity contribution >= 4 is 17.6 Å². The van der Waals surface area contributed by atoms with Gasteiger partial charge in [-0.1, -0.05) is 12.1 Å². The van der Waals surface area contributed by atoms with Gasteiger partial charge in [-0.05, 0) is 18.1 Å². The molecule has 0 saturated heterocycles. The predicted octanol–water partition coefficient (Wildman–Crippen LogP) is 0.920. The Morgan fingerprint density at radius 3 is 2.67 bits per heavy atom. The van der Waals surface area contributed by atoms with E-state index in [1.54, 1.807) is 18.2 Å². The van der Waals surface area contributed by atoms with E-state index in [0.717, 1.165) is 0 Å². The van der Waals surface area contributed by atoms with Crippen molar-refractivity contribution in [3.63, 3.8) is 0 Å². The summed E-state index contributed by atoms with van der Waals surface area (Å²) in [7, 11) is 1.25. The lowest BCUT2D eigenvalue weighted by Crippen LogP contribution is -2.18. The highest BCUT2D eigenvalue weighted by Gasteiger charge is 2.20. The van der Waals surface area contributed by atoms with Crippen LogP contribution < -0.4 is 11.5 Å². The van der Waals surface area contributed by atoms with Crippen molar-refractivity contribution in [2.45, 2.75) is 18.9 Å². The number of carboxylic acid groups (broad SMARTS) is 1. The summed E-state index contributed by atoms with van der Waals surface area (Å²) < 4.78 is 4.64. The minimum Gasteiger partial charge on any atom is -0.481 e. The molecule has 0 aromatic heterocycles. The maximum atomic E-state index is 11.6. The molecular weight excluding hydrogens is 236 g/mol. The molecule has 98 valence electrons. The Kier molecular flexibility index (Phi) is 4.67. The summed E-state index contributed by atoms with van der Waals surface area (Å²) in [6.45, 7) is 0. The van der Waals surface area contributed by atoms with Crippen molar-refractivity contribution in [2.75, 3.05) is 12.8 Å². The van der Waals surface area contributed by atoms with E-state index in [1.807, 2.05) is 0 Å². The van der Waals surface area contributed by atoms with E-state index in [1.165, 1.54) is 7.11 Å². The lowest BCUT2D eigenvalue weighted by Gasteiger charge is -2.16. The summed E-state index contributed by atoms with van der Waals surface area (Å²) in [5, 5.41) is 8.62. The van der Waals surface area contributed by atoms with Crippen molar-refractivity contribution < 1.29 is 19.4 Å². The Morgan fingerprint density at radius 2 is 2.11 bits per heavy atom. The molecule has 0 amide bonds. The fraction of sp³-hybridized carbons (Fsp3) is 0.333. The van der Waals surface area contributed by atoms with Crippen LogP contribution in [0.5, 0.6) is 0 Å². The number of anilines is 1. The zero-order valence-corrected chi connectivity index (χ0v) is 10.1. The number of rotatable bonds is 5. The molecule has 0 fully saturated rings. The van der Waals surface area contributed by atoms with Crippen LogP contribution in [0.2, 0.25) is 0 Å². The van der Waals surface area contributed by atoms with Gasteiger partial charge in [0.05, 0.1) is 12.7 Å². The van der Waals surface area contributed by atoms with Gasteiger partial charge < -0.3 is 21.3 Å². The normalized spacial score (nSPS) is 11.9. The largest absolute Gasteiger partial charge is 0.481 e. The minimum atomic E-state index is -0.936. The number of hydrogen-bond donors (Lipinski definition) is 3. The summed E-state index contributed by atoms with van der Waals surface area (Å²) in [6.07, 6.45) is 0.152. The van der Waals surface area contributed by atoms with Crippen molar-refractivity contribution in [1.82, 2.24) is 0 Å². The number of ether oxygens (including phenoxy) is 1. The molecule has 1 atom stereocenters. The van der Waals surface area contributed by atoms with Crippen molar-refractivity contribution in [3.05, 3.63) is 29.3 Å². The average Bonchev–Trinajstić information content (AvgIpc) is 2.34. The number of nitrogen functional groups attached to an aromatic ring is 1. The SMILES string of the molecule is COC(=O)c1c(N)cccc1C(N)CCC(=O)O. The highest BCUT2D eigenvalue weighted by Crippen LogP contribution is 2.25. The van der Waals surface area contributed by atoms with Crippen LogP contribution in [0.25, 0.3) is 0 Å². The molecule has 0 aliphatic carbocycles. The number of hydrogen-bond acceptors (Lipinski definition) is 5.